The van der Waals surface area contributed by atoms with Crippen molar-refractivity contribution in [3.63, 3.8) is 0 Å². The van der Waals surface area contributed by atoms with E-state index in [4.69, 9.17) is 5.73 Å². The highest BCUT2D eigenvalue weighted by atomic mass is 32.2. The van der Waals surface area contributed by atoms with Gasteiger partial charge in [0.05, 0.1) is 11.4 Å². The van der Waals surface area contributed by atoms with Gasteiger partial charge >= 0.3 is 6.03 Å². The molecule has 1 aliphatic rings. The summed E-state index contributed by atoms with van der Waals surface area (Å²) < 4.78 is 25.6. The average molecular weight is 283 g/mol. The van der Waals surface area contributed by atoms with Crippen LogP contribution in [-0.2, 0) is 14.8 Å². The number of hydrogen-bond donors (Lipinski definition) is 2. The third-order valence-corrected chi connectivity index (χ3v) is 4.10. The fourth-order valence-electron chi connectivity index (χ4n) is 1.58. The molecule has 3 N–H and O–H groups in total. The number of imide groups is 1. The molecule has 0 bridgehead atoms. The Kier molecular flexibility index (Phi) is 3.29. The summed E-state index contributed by atoms with van der Waals surface area (Å²) in [4.78, 5) is 23.5. The van der Waals surface area contributed by atoms with Crippen LogP contribution in [0, 0.1) is 6.92 Å². The molecule has 0 aromatic heterocycles. The number of urea groups is 1. The second kappa shape index (κ2) is 4.63. The summed E-state index contributed by atoms with van der Waals surface area (Å²) in [6, 6.07) is 4.29. The Morgan fingerprint density at radius 2 is 1.95 bits per heavy atom. The van der Waals surface area contributed by atoms with Crippen LogP contribution in [0.2, 0.25) is 0 Å². The van der Waals surface area contributed by atoms with E-state index in [1.165, 1.54) is 12.1 Å². The smallest absolute Gasteiger partial charge is 0.318 e. The highest BCUT2D eigenvalue weighted by Gasteiger charge is 2.39. The molecular weight excluding hydrogens is 270 g/mol. The Labute approximate surface area is 110 Å². The molecule has 0 aliphatic carbocycles. The highest BCUT2D eigenvalue weighted by Crippen LogP contribution is 2.12. The summed E-state index contributed by atoms with van der Waals surface area (Å²) in [5.41, 5.74) is 6.22. The molecule has 0 radical (unpaired) electrons. The number of β-lactam (4-membered cyclic amide) rings is 1. The monoisotopic (exact) mass is 283 g/mol. The van der Waals surface area contributed by atoms with Gasteiger partial charge in [-0.3, -0.25) is 9.69 Å². The molecule has 3 amide bonds. The summed E-state index contributed by atoms with van der Waals surface area (Å²) >= 11 is 0. The molecule has 1 heterocycles. The minimum absolute atomic E-state index is 0.0219. The number of rotatable bonds is 2. The quantitative estimate of drug-likeness (QED) is 0.715. The fraction of sp³-hybridized carbons (Fsp3) is 0.273. The zero-order valence-electron chi connectivity index (χ0n) is 10.2. The molecule has 0 unspecified atom stereocenters. The lowest BCUT2D eigenvalue weighted by Crippen LogP contribution is -2.65. The van der Waals surface area contributed by atoms with E-state index in [1.807, 2.05) is 11.6 Å². The number of aryl methyl sites for hydroxylation is 1. The van der Waals surface area contributed by atoms with E-state index in [9.17, 15) is 18.0 Å². The zero-order chi connectivity index (χ0) is 14.2. The van der Waals surface area contributed by atoms with Gasteiger partial charge in [0.15, 0.2) is 0 Å². The van der Waals surface area contributed by atoms with E-state index >= 15 is 0 Å². The van der Waals surface area contributed by atoms with E-state index in [0.717, 1.165) is 10.5 Å². The first-order valence-electron chi connectivity index (χ1n) is 5.51. The Balaban J connectivity index is 2.12. The van der Waals surface area contributed by atoms with Gasteiger partial charge in [0, 0.05) is 0 Å². The van der Waals surface area contributed by atoms with Crippen LogP contribution in [0.3, 0.4) is 0 Å². The SMILES string of the molecule is Cc1ccc(S(=O)(=O)NC(=O)N2C[C@H](N)C2=O)cc1. The summed E-state index contributed by atoms with van der Waals surface area (Å²) in [7, 11) is -3.97. The van der Waals surface area contributed by atoms with Crippen LogP contribution in [0.5, 0.6) is 0 Å². The molecule has 8 heteroatoms. The Morgan fingerprint density at radius 3 is 2.42 bits per heavy atom. The number of sulfonamides is 1. The van der Waals surface area contributed by atoms with Gasteiger partial charge < -0.3 is 5.73 Å². The van der Waals surface area contributed by atoms with E-state index in [1.54, 1.807) is 12.1 Å². The van der Waals surface area contributed by atoms with Crippen molar-refractivity contribution in [1.29, 1.82) is 0 Å². The van der Waals surface area contributed by atoms with Crippen LogP contribution >= 0.6 is 0 Å². The van der Waals surface area contributed by atoms with Crippen molar-refractivity contribution in [3.8, 4) is 0 Å². The van der Waals surface area contributed by atoms with Gasteiger partial charge in [0.2, 0.25) is 5.91 Å². The van der Waals surface area contributed by atoms with Crippen LogP contribution in [0.15, 0.2) is 29.2 Å². The Hall–Kier alpha value is -1.93. The average Bonchev–Trinajstić information content (AvgIpc) is 2.35. The van der Waals surface area contributed by atoms with E-state index in [2.05, 4.69) is 0 Å². The predicted molar refractivity (Wildman–Crippen MR) is 66.6 cm³/mol. The maximum absolute atomic E-state index is 11.9. The van der Waals surface area contributed by atoms with Gasteiger partial charge in [-0.1, -0.05) is 17.7 Å². The minimum atomic E-state index is -3.97. The third kappa shape index (κ3) is 2.59. The first-order valence-corrected chi connectivity index (χ1v) is 7.00. The lowest BCUT2D eigenvalue weighted by atomic mass is 10.1. The topological polar surface area (TPSA) is 110 Å². The first-order chi connectivity index (χ1) is 8.81. The standard InChI is InChI=1S/C11H13N3O4S/c1-7-2-4-8(5-3-7)19(17,18)13-11(16)14-6-9(12)10(14)15/h2-5,9H,6,12H2,1H3,(H,13,16)/t9-/m0/s1. The van der Waals surface area contributed by atoms with Crippen LogP contribution in [0.25, 0.3) is 0 Å². The third-order valence-electron chi connectivity index (χ3n) is 2.76. The largest absolute Gasteiger partial charge is 0.338 e. The van der Waals surface area contributed by atoms with Gasteiger partial charge in [-0.25, -0.2) is 17.9 Å². The molecule has 1 aromatic rings. The summed E-state index contributed by atoms with van der Waals surface area (Å²) in [6.45, 7) is 1.84. The van der Waals surface area contributed by atoms with E-state index in [0.29, 0.717) is 0 Å². The number of nitrogens with one attached hydrogen (secondary N) is 1. The number of carbonyl (C=O) groups is 2. The number of benzene rings is 1. The lowest BCUT2D eigenvalue weighted by molar-refractivity contribution is -0.137. The van der Waals surface area contributed by atoms with Gasteiger partial charge in [-0.2, -0.15) is 0 Å². The summed E-state index contributed by atoms with van der Waals surface area (Å²) in [6.07, 6.45) is 0. The van der Waals surface area contributed by atoms with Gasteiger partial charge in [0.25, 0.3) is 10.0 Å². The Bertz CT molecular complexity index is 624. The number of likely N-dealkylation sites (tertiary alicyclic amines) is 1. The predicted octanol–water partition coefficient (Wildman–Crippen LogP) is -0.437. The Morgan fingerprint density at radius 1 is 1.37 bits per heavy atom. The van der Waals surface area contributed by atoms with Crippen molar-refractivity contribution in [2.75, 3.05) is 6.54 Å². The molecule has 1 aliphatic heterocycles. The van der Waals surface area contributed by atoms with Crippen LogP contribution in [0.1, 0.15) is 5.56 Å². The van der Waals surface area contributed by atoms with Crippen molar-refractivity contribution < 1.29 is 18.0 Å². The molecule has 2 rings (SSSR count). The van der Waals surface area contributed by atoms with E-state index in [-0.39, 0.29) is 11.4 Å². The maximum Gasteiger partial charge on any atom is 0.338 e. The zero-order valence-corrected chi connectivity index (χ0v) is 11.0. The van der Waals surface area contributed by atoms with Crippen molar-refractivity contribution in [3.05, 3.63) is 29.8 Å². The van der Waals surface area contributed by atoms with Crippen LogP contribution in [0.4, 0.5) is 4.79 Å². The summed E-state index contributed by atoms with van der Waals surface area (Å²) in [5, 5.41) is 0. The highest BCUT2D eigenvalue weighted by molar-refractivity contribution is 7.90. The molecule has 1 saturated heterocycles. The number of nitrogens with zero attached hydrogens (tertiary/aromatic N) is 1. The molecule has 19 heavy (non-hydrogen) atoms. The van der Waals surface area contributed by atoms with Crippen LogP contribution < -0.4 is 10.5 Å². The van der Waals surface area contributed by atoms with Crippen molar-refractivity contribution in [2.45, 2.75) is 17.9 Å². The van der Waals surface area contributed by atoms with E-state index < -0.39 is 28.0 Å². The first kappa shape index (κ1) is 13.5. The van der Waals surface area contributed by atoms with Crippen molar-refractivity contribution >= 4 is 22.0 Å². The van der Waals surface area contributed by atoms with Crippen molar-refractivity contribution in [2.24, 2.45) is 5.73 Å². The number of amides is 3. The second-order valence-corrected chi connectivity index (χ2v) is 5.96. The maximum atomic E-state index is 11.9. The van der Waals surface area contributed by atoms with Gasteiger partial charge in [-0.05, 0) is 19.1 Å². The number of nitrogens with two attached hydrogens (primary N) is 1. The molecule has 1 atom stereocenters. The van der Waals surface area contributed by atoms with Gasteiger partial charge in [0.1, 0.15) is 6.04 Å². The lowest BCUT2D eigenvalue weighted by Gasteiger charge is -2.33. The minimum Gasteiger partial charge on any atom is -0.318 e. The van der Waals surface area contributed by atoms with Crippen LogP contribution in [-0.4, -0.2) is 37.8 Å². The molecular formula is C11H13N3O4S. The summed E-state index contributed by atoms with van der Waals surface area (Å²) in [5.74, 6) is -0.586. The molecule has 1 aromatic carbocycles. The fourth-order valence-corrected chi connectivity index (χ4v) is 2.53. The number of carbonyl (C=O) groups excluding carboxylic acids is 2. The van der Waals surface area contributed by atoms with Crippen molar-refractivity contribution in [1.82, 2.24) is 9.62 Å². The second-order valence-electron chi connectivity index (χ2n) is 4.28. The normalized spacial score (nSPS) is 18.9. The molecule has 0 saturated carbocycles. The molecule has 102 valence electrons. The van der Waals surface area contributed by atoms with Gasteiger partial charge in [-0.15, -0.1) is 0 Å². The molecule has 7 nitrogen and oxygen atoms in total. The molecule has 1 fully saturated rings. The molecule has 0 spiro atoms. The number of hydrogen-bond acceptors (Lipinski definition) is 5.